The molecule has 0 saturated carbocycles. The van der Waals surface area contributed by atoms with Gasteiger partial charge in [0.1, 0.15) is 17.5 Å². The van der Waals surface area contributed by atoms with Gasteiger partial charge < -0.3 is 10.6 Å². The summed E-state index contributed by atoms with van der Waals surface area (Å²) in [6, 6.07) is 6.58. The lowest BCUT2D eigenvalue weighted by Gasteiger charge is -2.08. The molecule has 2 N–H and O–H groups in total. The largest absolute Gasteiger partial charge is 0.350 e. The highest BCUT2D eigenvalue weighted by atomic mass is 19.1. The SMILES string of the molecule is Cc1ccc(C(=O)NCCNC(=O)c2cc(F)cc(F)c2)cc1F. The molecule has 0 bridgehead atoms. The van der Waals surface area contributed by atoms with Crippen molar-refractivity contribution < 1.29 is 22.8 Å². The maximum absolute atomic E-state index is 13.4. The zero-order valence-electron chi connectivity index (χ0n) is 12.8. The molecule has 0 unspecified atom stereocenters. The number of hydrogen-bond donors (Lipinski definition) is 2. The van der Waals surface area contributed by atoms with E-state index >= 15 is 0 Å². The fourth-order valence-electron chi connectivity index (χ4n) is 1.98. The summed E-state index contributed by atoms with van der Waals surface area (Å²) in [6.45, 7) is 1.72. The van der Waals surface area contributed by atoms with E-state index < -0.39 is 29.3 Å². The molecule has 2 aromatic rings. The van der Waals surface area contributed by atoms with Crippen LogP contribution < -0.4 is 10.6 Å². The summed E-state index contributed by atoms with van der Waals surface area (Å²) < 4.78 is 39.4. The van der Waals surface area contributed by atoms with Gasteiger partial charge in [-0.15, -0.1) is 0 Å². The molecule has 4 nitrogen and oxygen atoms in total. The molecule has 0 aliphatic rings. The lowest BCUT2D eigenvalue weighted by atomic mass is 10.1. The number of carbonyl (C=O) groups excluding carboxylic acids is 2. The minimum absolute atomic E-state index is 0.0526. The van der Waals surface area contributed by atoms with Crippen LogP contribution in [-0.4, -0.2) is 24.9 Å². The van der Waals surface area contributed by atoms with E-state index in [0.29, 0.717) is 11.6 Å². The van der Waals surface area contributed by atoms with Gasteiger partial charge in [0.05, 0.1) is 0 Å². The van der Waals surface area contributed by atoms with Gasteiger partial charge in [-0.3, -0.25) is 9.59 Å². The van der Waals surface area contributed by atoms with E-state index in [1.807, 2.05) is 0 Å². The average molecular weight is 336 g/mol. The lowest BCUT2D eigenvalue weighted by molar-refractivity contribution is 0.0927. The van der Waals surface area contributed by atoms with Crippen LogP contribution >= 0.6 is 0 Å². The number of halogens is 3. The molecule has 0 aliphatic heterocycles. The van der Waals surface area contributed by atoms with Crippen LogP contribution in [0, 0.1) is 24.4 Å². The van der Waals surface area contributed by atoms with Gasteiger partial charge in [-0.1, -0.05) is 6.07 Å². The fourth-order valence-corrected chi connectivity index (χ4v) is 1.98. The third-order valence-corrected chi connectivity index (χ3v) is 3.25. The standard InChI is InChI=1S/C17H15F3N2O2/c1-10-2-3-11(8-15(10)20)16(23)21-4-5-22-17(24)12-6-13(18)9-14(19)7-12/h2-3,6-9H,4-5H2,1H3,(H,21,23)(H,22,24). The van der Waals surface area contributed by atoms with E-state index in [2.05, 4.69) is 10.6 Å². The smallest absolute Gasteiger partial charge is 0.251 e. The highest BCUT2D eigenvalue weighted by molar-refractivity contribution is 5.95. The molecule has 0 spiro atoms. The summed E-state index contributed by atoms with van der Waals surface area (Å²) in [5.41, 5.74) is 0.442. The summed E-state index contributed by atoms with van der Waals surface area (Å²) in [4.78, 5) is 23.6. The maximum atomic E-state index is 13.4. The van der Waals surface area contributed by atoms with Crippen molar-refractivity contribution in [2.24, 2.45) is 0 Å². The van der Waals surface area contributed by atoms with Gasteiger partial charge in [0, 0.05) is 30.3 Å². The number of nitrogens with one attached hydrogen (secondary N) is 2. The summed E-state index contributed by atoms with van der Waals surface area (Å²) in [5, 5.41) is 4.93. The molecule has 0 aromatic heterocycles. The third kappa shape index (κ3) is 4.58. The molecule has 2 amide bonds. The molecule has 0 fully saturated rings. The first-order valence-electron chi connectivity index (χ1n) is 7.15. The van der Waals surface area contributed by atoms with Crippen LogP contribution in [0.5, 0.6) is 0 Å². The zero-order chi connectivity index (χ0) is 17.7. The molecule has 7 heteroatoms. The van der Waals surface area contributed by atoms with Crippen molar-refractivity contribution in [3.63, 3.8) is 0 Å². The van der Waals surface area contributed by atoms with Gasteiger partial charge in [-0.05, 0) is 36.8 Å². The third-order valence-electron chi connectivity index (χ3n) is 3.25. The van der Waals surface area contributed by atoms with Gasteiger partial charge in [-0.2, -0.15) is 0 Å². The Morgan fingerprint density at radius 1 is 0.833 bits per heavy atom. The Balaban J connectivity index is 1.82. The van der Waals surface area contributed by atoms with Crippen LogP contribution in [0.3, 0.4) is 0 Å². The summed E-state index contributed by atoms with van der Waals surface area (Å²) in [6.07, 6.45) is 0. The molecule has 126 valence electrons. The van der Waals surface area contributed by atoms with E-state index in [-0.39, 0.29) is 24.2 Å². The van der Waals surface area contributed by atoms with E-state index in [9.17, 15) is 22.8 Å². The summed E-state index contributed by atoms with van der Waals surface area (Å²) in [5.74, 6) is -3.34. The first-order valence-corrected chi connectivity index (χ1v) is 7.15. The predicted molar refractivity (Wildman–Crippen MR) is 82.2 cm³/mol. The molecule has 0 atom stereocenters. The zero-order valence-corrected chi connectivity index (χ0v) is 12.8. The first kappa shape index (κ1) is 17.5. The Labute approximate surface area is 136 Å². The second-order valence-electron chi connectivity index (χ2n) is 5.13. The topological polar surface area (TPSA) is 58.2 Å². The predicted octanol–water partition coefficient (Wildman–Crippen LogP) is 2.57. The molecule has 0 radical (unpaired) electrons. The quantitative estimate of drug-likeness (QED) is 0.825. The highest BCUT2D eigenvalue weighted by Gasteiger charge is 2.10. The fraction of sp³-hybridized carbons (Fsp3) is 0.176. The second kappa shape index (κ2) is 7.63. The van der Waals surface area contributed by atoms with Crippen molar-refractivity contribution in [2.75, 3.05) is 13.1 Å². The van der Waals surface area contributed by atoms with Crippen molar-refractivity contribution in [3.8, 4) is 0 Å². The van der Waals surface area contributed by atoms with E-state index in [1.54, 1.807) is 6.92 Å². The normalized spacial score (nSPS) is 10.3. The number of hydrogen-bond acceptors (Lipinski definition) is 2. The van der Waals surface area contributed by atoms with E-state index in [1.165, 1.54) is 12.1 Å². The van der Waals surface area contributed by atoms with Crippen LogP contribution in [0.25, 0.3) is 0 Å². The van der Waals surface area contributed by atoms with Crippen LogP contribution in [0.2, 0.25) is 0 Å². The van der Waals surface area contributed by atoms with Crippen molar-refractivity contribution in [1.82, 2.24) is 10.6 Å². The summed E-state index contributed by atoms with van der Waals surface area (Å²) in [7, 11) is 0. The van der Waals surface area contributed by atoms with Gasteiger partial charge in [-0.25, -0.2) is 13.2 Å². The first-order chi connectivity index (χ1) is 11.4. The van der Waals surface area contributed by atoms with Crippen LogP contribution in [0.1, 0.15) is 26.3 Å². The molecule has 0 aliphatic carbocycles. The van der Waals surface area contributed by atoms with Crippen LogP contribution in [-0.2, 0) is 0 Å². The average Bonchev–Trinajstić information content (AvgIpc) is 2.52. The van der Waals surface area contributed by atoms with Crippen molar-refractivity contribution >= 4 is 11.8 Å². The Kier molecular flexibility index (Phi) is 5.57. The lowest BCUT2D eigenvalue weighted by Crippen LogP contribution is -2.34. The van der Waals surface area contributed by atoms with Gasteiger partial charge >= 0.3 is 0 Å². The van der Waals surface area contributed by atoms with Crippen molar-refractivity contribution in [1.29, 1.82) is 0 Å². The minimum atomic E-state index is -0.852. The highest BCUT2D eigenvalue weighted by Crippen LogP contribution is 2.09. The minimum Gasteiger partial charge on any atom is -0.350 e. The van der Waals surface area contributed by atoms with Crippen LogP contribution in [0.4, 0.5) is 13.2 Å². The monoisotopic (exact) mass is 336 g/mol. The molecule has 0 heterocycles. The number of aryl methyl sites for hydroxylation is 1. The van der Waals surface area contributed by atoms with Gasteiger partial charge in [0.2, 0.25) is 0 Å². The number of amides is 2. The Morgan fingerprint density at radius 2 is 1.38 bits per heavy atom. The van der Waals surface area contributed by atoms with Gasteiger partial charge in [0.15, 0.2) is 0 Å². The molecular formula is C17H15F3N2O2. The molecule has 2 rings (SSSR count). The van der Waals surface area contributed by atoms with Gasteiger partial charge in [0.25, 0.3) is 11.8 Å². The molecule has 0 saturated heterocycles. The van der Waals surface area contributed by atoms with E-state index in [4.69, 9.17) is 0 Å². The Bertz CT molecular complexity index is 758. The van der Waals surface area contributed by atoms with Crippen molar-refractivity contribution in [2.45, 2.75) is 6.92 Å². The number of benzene rings is 2. The van der Waals surface area contributed by atoms with Crippen LogP contribution in [0.15, 0.2) is 36.4 Å². The second-order valence-corrected chi connectivity index (χ2v) is 5.13. The number of carbonyl (C=O) groups is 2. The van der Waals surface area contributed by atoms with Crippen molar-refractivity contribution in [3.05, 3.63) is 70.5 Å². The molecule has 2 aromatic carbocycles. The Morgan fingerprint density at radius 3 is 1.92 bits per heavy atom. The molecule has 24 heavy (non-hydrogen) atoms. The summed E-state index contributed by atoms with van der Waals surface area (Å²) >= 11 is 0. The number of rotatable bonds is 5. The van der Waals surface area contributed by atoms with E-state index in [0.717, 1.165) is 18.2 Å². The molecular weight excluding hydrogens is 321 g/mol. The Hall–Kier alpha value is -2.83. The maximum Gasteiger partial charge on any atom is 0.251 e.